The standard InChI is InChI=1S/C16H21N3O3/c17-7-3-8-18-9-11-19(12-10-18)16(21)6-13-22-15-5-2-1-4-14(15)20/h1-2,4-5,20H,3,6,8-13H2. The Morgan fingerprint density at radius 3 is 2.68 bits per heavy atom. The van der Waals surface area contributed by atoms with E-state index in [0.29, 0.717) is 31.7 Å². The van der Waals surface area contributed by atoms with Crippen LogP contribution in [-0.4, -0.2) is 60.1 Å². The second-order valence-electron chi connectivity index (χ2n) is 5.20. The van der Waals surface area contributed by atoms with Crippen molar-refractivity contribution in [1.82, 2.24) is 9.80 Å². The molecule has 0 saturated carbocycles. The third-order valence-corrected chi connectivity index (χ3v) is 3.70. The van der Waals surface area contributed by atoms with Crippen molar-refractivity contribution in [1.29, 1.82) is 5.26 Å². The summed E-state index contributed by atoms with van der Waals surface area (Å²) in [5.74, 6) is 0.549. The van der Waals surface area contributed by atoms with E-state index in [9.17, 15) is 9.90 Å². The lowest BCUT2D eigenvalue weighted by Gasteiger charge is -2.34. The van der Waals surface area contributed by atoms with E-state index in [2.05, 4.69) is 11.0 Å². The third kappa shape index (κ3) is 4.64. The summed E-state index contributed by atoms with van der Waals surface area (Å²) in [6.07, 6.45) is 0.828. The van der Waals surface area contributed by atoms with Crippen molar-refractivity contribution in [2.24, 2.45) is 0 Å². The molecule has 2 rings (SSSR count). The molecule has 6 nitrogen and oxygen atoms in total. The first-order chi connectivity index (χ1) is 10.7. The zero-order valence-electron chi connectivity index (χ0n) is 12.6. The second kappa shape index (κ2) is 8.25. The zero-order valence-corrected chi connectivity index (χ0v) is 12.6. The van der Waals surface area contributed by atoms with Crippen LogP contribution in [0.1, 0.15) is 12.8 Å². The Balaban J connectivity index is 1.68. The van der Waals surface area contributed by atoms with E-state index in [-0.39, 0.29) is 18.3 Å². The lowest BCUT2D eigenvalue weighted by atomic mass is 10.2. The average Bonchev–Trinajstić information content (AvgIpc) is 2.55. The number of ether oxygens (including phenoxy) is 1. The van der Waals surface area contributed by atoms with Crippen molar-refractivity contribution < 1.29 is 14.6 Å². The number of para-hydroxylation sites is 2. The predicted molar refractivity (Wildman–Crippen MR) is 81.5 cm³/mol. The van der Waals surface area contributed by atoms with Crippen molar-refractivity contribution >= 4 is 5.91 Å². The number of carbonyl (C=O) groups excluding carboxylic acids is 1. The number of hydrogen-bond donors (Lipinski definition) is 1. The van der Waals surface area contributed by atoms with Crippen LogP contribution in [-0.2, 0) is 4.79 Å². The maximum atomic E-state index is 12.1. The number of nitrogens with zero attached hydrogens (tertiary/aromatic N) is 3. The van der Waals surface area contributed by atoms with Crippen LogP contribution >= 0.6 is 0 Å². The maximum absolute atomic E-state index is 12.1. The van der Waals surface area contributed by atoms with Gasteiger partial charge in [-0.15, -0.1) is 0 Å². The topological polar surface area (TPSA) is 76.8 Å². The lowest BCUT2D eigenvalue weighted by Crippen LogP contribution is -2.49. The van der Waals surface area contributed by atoms with Gasteiger partial charge in [-0.05, 0) is 12.1 Å². The Kier molecular flexibility index (Phi) is 6.04. The van der Waals surface area contributed by atoms with Gasteiger partial charge in [-0.2, -0.15) is 5.26 Å². The highest BCUT2D eigenvalue weighted by Crippen LogP contribution is 2.24. The first kappa shape index (κ1) is 16.1. The number of phenols is 1. The predicted octanol–water partition coefficient (Wildman–Crippen LogP) is 1.22. The van der Waals surface area contributed by atoms with Crippen LogP contribution in [0.25, 0.3) is 0 Å². The third-order valence-electron chi connectivity index (χ3n) is 3.70. The molecule has 1 N–H and O–H groups in total. The van der Waals surface area contributed by atoms with Crippen molar-refractivity contribution in [2.45, 2.75) is 12.8 Å². The van der Waals surface area contributed by atoms with Gasteiger partial charge in [-0.25, -0.2) is 0 Å². The SMILES string of the molecule is N#CCCN1CCN(C(=O)CCOc2ccccc2O)CC1. The van der Waals surface area contributed by atoms with Gasteiger partial charge >= 0.3 is 0 Å². The highest BCUT2D eigenvalue weighted by molar-refractivity contribution is 5.76. The van der Waals surface area contributed by atoms with E-state index >= 15 is 0 Å². The van der Waals surface area contributed by atoms with Crippen molar-refractivity contribution in [3.05, 3.63) is 24.3 Å². The van der Waals surface area contributed by atoms with E-state index in [1.54, 1.807) is 24.3 Å². The Bertz CT molecular complexity index is 534. The average molecular weight is 303 g/mol. The number of rotatable bonds is 6. The molecule has 1 saturated heterocycles. The van der Waals surface area contributed by atoms with Crippen LogP contribution in [0.5, 0.6) is 11.5 Å². The molecule has 1 aromatic rings. The molecule has 1 aliphatic heterocycles. The summed E-state index contributed by atoms with van der Waals surface area (Å²) in [7, 11) is 0. The van der Waals surface area contributed by atoms with Gasteiger partial charge < -0.3 is 14.7 Å². The van der Waals surface area contributed by atoms with Crippen LogP contribution in [0.4, 0.5) is 0 Å². The molecule has 0 bridgehead atoms. The van der Waals surface area contributed by atoms with Crippen molar-refractivity contribution in [2.75, 3.05) is 39.3 Å². The fourth-order valence-corrected chi connectivity index (χ4v) is 2.41. The van der Waals surface area contributed by atoms with Gasteiger partial charge in [0, 0.05) is 39.1 Å². The molecule has 0 aliphatic carbocycles. The van der Waals surface area contributed by atoms with Gasteiger partial charge in [-0.3, -0.25) is 9.69 Å². The Morgan fingerprint density at radius 2 is 2.00 bits per heavy atom. The zero-order chi connectivity index (χ0) is 15.8. The number of phenolic OH excluding ortho intramolecular Hbond substituents is 1. The quantitative estimate of drug-likeness (QED) is 0.855. The lowest BCUT2D eigenvalue weighted by molar-refractivity contribution is -0.133. The van der Waals surface area contributed by atoms with Gasteiger partial charge in [0.1, 0.15) is 0 Å². The van der Waals surface area contributed by atoms with Gasteiger partial charge in [0.2, 0.25) is 5.91 Å². The summed E-state index contributed by atoms with van der Waals surface area (Å²) in [6.45, 7) is 4.04. The Morgan fingerprint density at radius 1 is 1.27 bits per heavy atom. The second-order valence-corrected chi connectivity index (χ2v) is 5.20. The van der Waals surface area contributed by atoms with Gasteiger partial charge in [0.25, 0.3) is 0 Å². The molecule has 1 fully saturated rings. The number of nitriles is 1. The summed E-state index contributed by atoms with van der Waals surface area (Å²) in [4.78, 5) is 16.1. The molecule has 1 aromatic carbocycles. The van der Waals surface area contributed by atoms with E-state index in [1.807, 2.05) is 4.90 Å². The van der Waals surface area contributed by atoms with Gasteiger partial charge in [-0.1, -0.05) is 12.1 Å². The van der Waals surface area contributed by atoms with Crippen LogP contribution in [0.15, 0.2) is 24.3 Å². The van der Waals surface area contributed by atoms with Gasteiger partial charge in [0.05, 0.1) is 19.1 Å². The minimum absolute atomic E-state index is 0.0651. The molecule has 0 spiro atoms. The van der Waals surface area contributed by atoms with Gasteiger partial charge in [0.15, 0.2) is 11.5 Å². The van der Waals surface area contributed by atoms with Crippen molar-refractivity contribution in [3.8, 4) is 17.6 Å². The molecule has 1 aliphatic rings. The molecule has 1 amide bonds. The summed E-state index contributed by atoms with van der Waals surface area (Å²) in [6, 6.07) is 8.86. The van der Waals surface area contributed by atoms with Crippen LogP contribution in [0, 0.1) is 11.3 Å². The highest BCUT2D eigenvalue weighted by atomic mass is 16.5. The Hall–Kier alpha value is -2.26. The fraction of sp³-hybridized carbons (Fsp3) is 0.500. The first-order valence-corrected chi connectivity index (χ1v) is 7.48. The fourth-order valence-electron chi connectivity index (χ4n) is 2.41. The number of amides is 1. The molecule has 0 unspecified atom stereocenters. The summed E-state index contributed by atoms with van der Waals surface area (Å²) >= 11 is 0. The number of hydrogen-bond acceptors (Lipinski definition) is 5. The van der Waals surface area contributed by atoms with E-state index in [4.69, 9.17) is 10.00 Å². The van der Waals surface area contributed by atoms with E-state index < -0.39 is 0 Å². The van der Waals surface area contributed by atoms with Crippen LogP contribution in [0.2, 0.25) is 0 Å². The number of aromatic hydroxyl groups is 1. The molecule has 6 heteroatoms. The molecular formula is C16H21N3O3. The maximum Gasteiger partial charge on any atom is 0.226 e. The molecule has 22 heavy (non-hydrogen) atoms. The monoisotopic (exact) mass is 303 g/mol. The van der Waals surface area contributed by atoms with E-state index in [0.717, 1.165) is 19.6 Å². The van der Waals surface area contributed by atoms with Crippen LogP contribution in [0.3, 0.4) is 0 Å². The molecule has 118 valence electrons. The summed E-state index contributed by atoms with van der Waals surface area (Å²) < 4.78 is 5.43. The number of piperazine rings is 1. The van der Waals surface area contributed by atoms with Crippen molar-refractivity contribution in [3.63, 3.8) is 0 Å². The molecule has 0 atom stereocenters. The smallest absolute Gasteiger partial charge is 0.226 e. The molecule has 0 radical (unpaired) electrons. The number of carbonyl (C=O) groups is 1. The summed E-state index contributed by atoms with van der Waals surface area (Å²) in [5, 5.41) is 18.2. The highest BCUT2D eigenvalue weighted by Gasteiger charge is 2.20. The minimum atomic E-state index is 0.0651. The largest absolute Gasteiger partial charge is 0.504 e. The normalized spacial score (nSPS) is 15.3. The Labute approximate surface area is 130 Å². The minimum Gasteiger partial charge on any atom is -0.504 e. The molecular weight excluding hydrogens is 282 g/mol. The summed E-state index contributed by atoms with van der Waals surface area (Å²) in [5.41, 5.74) is 0. The van der Waals surface area contributed by atoms with Crippen LogP contribution < -0.4 is 4.74 Å². The molecule has 0 aromatic heterocycles. The number of benzene rings is 1. The first-order valence-electron chi connectivity index (χ1n) is 7.48. The van der Waals surface area contributed by atoms with E-state index in [1.165, 1.54) is 0 Å². The molecule has 1 heterocycles.